The first-order valence-corrected chi connectivity index (χ1v) is 8.83. The molecule has 4 aromatic rings. The normalized spacial score (nSPS) is 10.9. The summed E-state index contributed by atoms with van der Waals surface area (Å²) in [6.45, 7) is 0.680. The number of thiazole rings is 1. The van der Waals surface area contributed by atoms with Gasteiger partial charge < -0.3 is 5.32 Å². The van der Waals surface area contributed by atoms with Crippen molar-refractivity contribution in [1.82, 2.24) is 9.97 Å². The molecule has 0 spiro atoms. The molecule has 0 aliphatic carbocycles. The highest BCUT2D eigenvalue weighted by Crippen LogP contribution is 2.26. The molecule has 0 aliphatic rings. The van der Waals surface area contributed by atoms with E-state index < -0.39 is 0 Å². The maximum absolute atomic E-state index is 6.04. The number of anilines is 1. The van der Waals surface area contributed by atoms with Crippen LogP contribution in [0, 0.1) is 0 Å². The lowest BCUT2D eigenvalue weighted by Crippen LogP contribution is -2.00. The highest BCUT2D eigenvalue weighted by molar-refractivity contribution is 7.10. The predicted molar refractivity (Wildman–Crippen MR) is 102 cm³/mol. The number of nitrogens with zero attached hydrogens (tertiary/aromatic N) is 2. The molecule has 1 N–H and O–H groups in total. The van der Waals surface area contributed by atoms with Gasteiger partial charge in [0.25, 0.3) is 0 Å². The van der Waals surface area contributed by atoms with Crippen LogP contribution in [0.25, 0.3) is 22.2 Å². The zero-order valence-electron chi connectivity index (χ0n) is 12.7. The van der Waals surface area contributed by atoms with Crippen LogP contribution in [0.4, 0.5) is 5.69 Å². The maximum Gasteiger partial charge on any atom is 0.112 e. The van der Waals surface area contributed by atoms with Crippen LogP contribution in [0.2, 0.25) is 5.02 Å². The molecule has 24 heavy (non-hydrogen) atoms. The Morgan fingerprint density at radius 3 is 2.79 bits per heavy atom. The molecule has 0 fully saturated rings. The fourth-order valence-corrected chi connectivity index (χ4v) is 3.49. The first-order valence-electron chi connectivity index (χ1n) is 7.57. The minimum Gasteiger partial charge on any atom is -0.378 e. The Labute approximate surface area is 149 Å². The van der Waals surface area contributed by atoms with E-state index in [2.05, 4.69) is 27.8 Å². The Morgan fingerprint density at radius 2 is 1.92 bits per heavy atom. The van der Waals surface area contributed by atoms with E-state index in [1.807, 2.05) is 42.5 Å². The number of nitrogens with one attached hydrogen (secondary N) is 1. The smallest absolute Gasteiger partial charge is 0.112 e. The second-order valence-corrected chi connectivity index (χ2v) is 6.75. The Kier molecular flexibility index (Phi) is 4.15. The van der Waals surface area contributed by atoms with Crippen molar-refractivity contribution < 1.29 is 0 Å². The number of hydrogen-bond donors (Lipinski definition) is 1. The largest absolute Gasteiger partial charge is 0.378 e. The van der Waals surface area contributed by atoms with Gasteiger partial charge in [0.2, 0.25) is 0 Å². The fourth-order valence-electron chi connectivity index (χ4n) is 2.58. The highest BCUT2D eigenvalue weighted by atomic mass is 35.5. The van der Waals surface area contributed by atoms with Crippen LogP contribution in [-0.2, 0) is 6.54 Å². The zero-order chi connectivity index (χ0) is 16.4. The third-order valence-corrected chi connectivity index (χ3v) is 4.84. The van der Waals surface area contributed by atoms with Crippen LogP contribution in [-0.4, -0.2) is 9.97 Å². The molecule has 0 atom stereocenters. The molecule has 2 aromatic carbocycles. The van der Waals surface area contributed by atoms with Gasteiger partial charge in [0.1, 0.15) is 5.01 Å². The van der Waals surface area contributed by atoms with Crippen molar-refractivity contribution in [2.24, 2.45) is 0 Å². The lowest BCUT2D eigenvalue weighted by Gasteiger charge is -2.08. The minimum absolute atomic E-state index is 0.680. The van der Waals surface area contributed by atoms with E-state index in [9.17, 15) is 0 Å². The van der Waals surface area contributed by atoms with Crippen molar-refractivity contribution in [2.75, 3.05) is 5.32 Å². The summed E-state index contributed by atoms with van der Waals surface area (Å²) in [6, 6.07) is 17.9. The van der Waals surface area contributed by atoms with Gasteiger partial charge in [-0.25, -0.2) is 4.98 Å². The molecular weight excluding hydrogens is 338 g/mol. The number of halogens is 1. The number of hydrogen-bond acceptors (Lipinski definition) is 4. The average molecular weight is 352 g/mol. The van der Waals surface area contributed by atoms with Crippen LogP contribution in [0.5, 0.6) is 0 Å². The molecule has 0 unspecified atom stereocenters. The molecular formula is C19H14ClN3S. The summed E-state index contributed by atoms with van der Waals surface area (Å²) in [5.41, 5.74) is 4.08. The lowest BCUT2D eigenvalue weighted by atomic mass is 10.2. The highest BCUT2D eigenvalue weighted by Gasteiger charge is 2.06. The summed E-state index contributed by atoms with van der Waals surface area (Å²) >= 11 is 7.70. The molecule has 0 bridgehead atoms. The van der Waals surface area contributed by atoms with Gasteiger partial charge in [-0.05, 0) is 24.3 Å². The molecule has 0 saturated heterocycles. The zero-order valence-corrected chi connectivity index (χ0v) is 14.3. The van der Waals surface area contributed by atoms with Crippen LogP contribution in [0.3, 0.4) is 0 Å². The summed E-state index contributed by atoms with van der Waals surface area (Å²) in [6.07, 6.45) is 1.79. The summed E-state index contributed by atoms with van der Waals surface area (Å²) in [4.78, 5) is 9.07. The van der Waals surface area contributed by atoms with Crippen LogP contribution < -0.4 is 5.32 Å². The molecule has 0 saturated carbocycles. The number of aromatic nitrogens is 2. The van der Waals surface area contributed by atoms with Gasteiger partial charge in [0.05, 0.1) is 17.8 Å². The molecule has 3 nitrogen and oxygen atoms in total. The van der Waals surface area contributed by atoms with Crippen molar-refractivity contribution in [3.05, 3.63) is 76.2 Å². The number of rotatable bonds is 4. The minimum atomic E-state index is 0.680. The first kappa shape index (κ1) is 15.1. The summed E-state index contributed by atoms with van der Waals surface area (Å²) in [5, 5.41) is 8.35. The Hall–Kier alpha value is -2.43. The van der Waals surface area contributed by atoms with Gasteiger partial charge in [0, 0.05) is 33.2 Å². The maximum atomic E-state index is 6.04. The van der Waals surface area contributed by atoms with E-state index in [4.69, 9.17) is 16.6 Å². The van der Waals surface area contributed by atoms with E-state index in [-0.39, 0.29) is 0 Å². The molecule has 5 heteroatoms. The Balaban J connectivity index is 1.55. The topological polar surface area (TPSA) is 37.8 Å². The summed E-state index contributed by atoms with van der Waals surface area (Å²) in [7, 11) is 0. The van der Waals surface area contributed by atoms with E-state index in [0.717, 1.165) is 32.9 Å². The second-order valence-electron chi connectivity index (χ2n) is 5.37. The number of pyridine rings is 1. The third kappa shape index (κ3) is 3.11. The third-order valence-electron chi connectivity index (χ3n) is 3.76. The second kappa shape index (κ2) is 6.59. The molecule has 2 heterocycles. The molecule has 4 rings (SSSR count). The van der Waals surface area contributed by atoms with E-state index in [1.165, 1.54) is 0 Å². The van der Waals surface area contributed by atoms with Gasteiger partial charge in [-0.3, -0.25) is 4.98 Å². The molecule has 2 aromatic heterocycles. The van der Waals surface area contributed by atoms with Gasteiger partial charge in [0.15, 0.2) is 0 Å². The molecule has 0 aliphatic heterocycles. The van der Waals surface area contributed by atoms with E-state index >= 15 is 0 Å². The van der Waals surface area contributed by atoms with Crippen molar-refractivity contribution in [3.8, 4) is 11.3 Å². The molecule has 0 radical (unpaired) electrons. The van der Waals surface area contributed by atoms with Gasteiger partial charge in [-0.1, -0.05) is 41.9 Å². The Bertz CT molecular complexity index is 982. The average Bonchev–Trinajstić information content (AvgIpc) is 3.09. The monoisotopic (exact) mass is 351 g/mol. The standard InChI is InChI=1S/C19H14ClN3S/c20-14-6-7-15-16(8-9-21-17(15)10-14)22-11-19-23-18(12-24-19)13-4-2-1-3-5-13/h1-10,12H,11H2,(H,21,22). The van der Waals surface area contributed by atoms with Crippen molar-refractivity contribution in [1.29, 1.82) is 0 Å². The van der Waals surface area contributed by atoms with Crippen LogP contribution >= 0.6 is 22.9 Å². The van der Waals surface area contributed by atoms with Crippen molar-refractivity contribution in [3.63, 3.8) is 0 Å². The van der Waals surface area contributed by atoms with Crippen LogP contribution in [0.15, 0.2) is 66.2 Å². The first-order chi connectivity index (χ1) is 11.8. The Morgan fingerprint density at radius 1 is 1.04 bits per heavy atom. The van der Waals surface area contributed by atoms with E-state index in [1.54, 1.807) is 17.5 Å². The molecule has 118 valence electrons. The molecule has 0 amide bonds. The lowest BCUT2D eigenvalue weighted by molar-refractivity contribution is 1.11. The summed E-state index contributed by atoms with van der Waals surface area (Å²) < 4.78 is 0. The quantitative estimate of drug-likeness (QED) is 0.518. The van der Waals surface area contributed by atoms with Gasteiger partial charge in [-0.15, -0.1) is 11.3 Å². The van der Waals surface area contributed by atoms with Gasteiger partial charge in [-0.2, -0.15) is 0 Å². The van der Waals surface area contributed by atoms with Crippen molar-refractivity contribution in [2.45, 2.75) is 6.54 Å². The fraction of sp³-hybridized carbons (Fsp3) is 0.0526. The van der Waals surface area contributed by atoms with E-state index in [0.29, 0.717) is 11.6 Å². The van der Waals surface area contributed by atoms with Gasteiger partial charge >= 0.3 is 0 Å². The van der Waals surface area contributed by atoms with Crippen molar-refractivity contribution >= 4 is 39.5 Å². The SMILES string of the molecule is Clc1ccc2c(NCc3nc(-c4ccccc4)cs3)ccnc2c1. The predicted octanol–water partition coefficient (Wildman–Crippen LogP) is 5.62. The number of benzene rings is 2. The number of fused-ring (bicyclic) bond motifs is 1. The summed E-state index contributed by atoms with van der Waals surface area (Å²) in [5.74, 6) is 0. The van der Waals surface area contributed by atoms with Crippen LogP contribution in [0.1, 0.15) is 5.01 Å².